The number of ether oxygens (including phenoxy) is 2. The monoisotopic (exact) mass is 424 g/mol. The van der Waals surface area contributed by atoms with Crippen molar-refractivity contribution in [1.29, 1.82) is 0 Å². The molecular weight excluding hydrogens is 411 g/mol. The Morgan fingerprint density at radius 3 is 2.77 bits per heavy atom. The number of aromatic carboxylic acids is 1. The molecule has 1 aromatic heterocycles. The molecule has 1 aliphatic heterocycles. The first-order chi connectivity index (χ1) is 11.8. The molecule has 0 unspecified atom stereocenters. The topological polar surface area (TPSA) is 106 Å². The third kappa shape index (κ3) is 4.01. The van der Waals surface area contributed by atoms with E-state index in [0.717, 1.165) is 10.5 Å². The second-order valence-corrected chi connectivity index (χ2v) is 7.34. The second kappa shape index (κ2) is 8.42. The Kier molecular flexibility index (Phi) is 6.94. The number of pyridine rings is 1. The van der Waals surface area contributed by atoms with Gasteiger partial charge in [0, 0.05) is 11.2 Å². The number of aromatic nitrogens is 1. The van der Waals surface area contributed by atoms with Crippen molar-refractivity contribution in [3.63, 3.8) is 0 Å². The maximum absolute atomic E-state index is 13.1. The molecule has 26 heavy (non-hydrogen) atoms. The fraction of sp³-hybridized carbons (Fsp3) is 0.200. The molecule has 0 spiro atoms. The number of benzene rings is 1. The van der Waals surface area contributed by atoms with Gasteiger partial charge in [-0.15, -0.1) is 0 Å². The number of hydrogen-bond acceptors (Lipinski definition) is 6. The molecule has 1 aliphatic rings. The summed E-state index contributed by atoms with van der Waals surface area (Å²) in [5, 5.41) is 9.35. The second-order valence-electron chi connectivity index (χ2n) is 5.07. The van der Waals surface area contributed by atoms with Crippen molar-refractivity contribution in [3.05, 3.63) is 41.0 Å². The average Bonchev–Trinajstić information content (AvgIpc) is 2.60. The maximum atomic E-state index is 13.1. The fourth-order valence-electron chi connectivity index (χ4n) is 2.41. The van der Waals surface area contributed by atoms with Crippen molar-refractivity contribution in [2.75, 3.05) is 24.6 Å². The Morgan fingerprint density at radius 2 is 2.12 bits per heavy atom. The van der Waals surface area contributed by atoms with E-state index in [4.69, 9.17) is 26.2 Å². The normalized spacial score (nSPS) is 13.2. The molecule has 134 valence electrons. The van der Waals surface area contributed by atoms with Crippen LogP contribution in [0.1, 0.15) is 10.4 Å². The van der Waals surface area contributed by atoms with Crippen LogP contribution in [0.4, 0.5) is 5.69 Å². The van der Waals surface area contributed by atoms with Crippen LogP contribution in [-0.2, 0) is 10.0 Å². The van der Waals surface area contributed by atoms with Gasteiger partial charge in [-0.25, -0.2) is 18.2 Å². The van der Waals surface area contributed by atoms with E-state index in [1.807, 2.05) is 0 Å². The quantitative estimate of drug-likeness (QED) is 0.739. The van der Waals surface area contributed by atoms with Crippen molar-refractivity contribution in [2.45, 2.75) is 4.90 Å². The molecule has 2 aromatic rings. The van der Waals surface area contributed by atoms with Gasteiger partial charge >= 0.3 is 57.4 Å². The van der Waals surface area contributed by atoms with Crippen LogP contribution < -0.4 is 13.8 Å². The summed E-state index contributed by atoms with van der Waals surface area (Å²) in [7, 11) is -2.73. The molecule has 0 radical (unpaired) electrons. The number of methoxy groups -OCH3 is 1. The summed E-state index contributed by atoms with van der Waals surface area (Å²) in [6.07, 6.45) is 1.11. The number of halogens is 1. The van der Waals surface area contributed by atoms with Gasteiger partial charge in [0.15, 0.2) is 0 Å². The zero-order valence-electron chi connectivity index (χ0n) is 13.0. The predicted octanol–water partition coefficient (Wildman–Crippen LogP) is 1.38. The Labute approximate surface area is 197 Å². The van der Waals surface area contributed by atoms with Crippen LogP contribution in [0.25, 0.3) is 0 Å². The number of nitrogens with zero attached hydrogens (tertiary/aromatic N) is 2. The first-order valence-electron chi connectivity index (χ1n) is 7.07. The fourth-order valence-corrected chi connectivity index (χ4v) is 4.27. The Morgan fingerprint density at radius 1 is 1.38 bits per heavy atom. The van der Waals surface area contributed by atoms with Gasteiger partial charge in [-0.3, -0.25) is 4.31 Å². The SMILES string of the molecule is COc1ccc(Cl)cc1S(=O)(=O)N1CCOc2ncc(C(=O)O)cc21.[KH]. The Balaban J connectivity index is 0.00000243. The Bertz CT molecular complexity index is 953. The molecule has 0 bridgehead atoms. The first kappa shape index (κ1) is 21.4. The van der Waals surface area contributed by atoms with Gasteiger partial charge in [0.05, 0.1) is 19.2 Å². The third-order valence-electron chi connectivity index (χ3n) is 3.57. The molecule has 11 heteroatoms. The zero-order chi connectivity index (χ0) is 18.2. The summed E-state index contributed by atoms with van der Waals surface area (Å²) in [6.45, 7) is 0.0737. The van der Waals surface area contributed by atoms with Gasteiger partial charge in [0.25, 0.3) is 10.0 Å². The first-order valence-corrected chi connectivity index (χ1v) is 8.89. The number of anilines is 1. The van der Waals surface area contributed by atoms with Crippen LogP contribution in [0.2, 0.25) is 5.02 Å². The summed E-state index contributed by atoms with van der Waals surface area (Å²) >= 11 is 5.93. The number of sulfonamides is 1. The van der Waals surface area contributed by atoms with E-state index >= 15 is 0 Å². The number of carboxylic acids is 1. The molecule has 0 fully saturated rings. The number of carbonyl (C=O) groups is 1. The van der Waals surface area contributed by atoms with Crippen molar-refractivity contribution in [3.8, 4) is 11.6 Å². The van der Waals surface area contributed by atoms with Gasteiger partial charge < -0.3 is 14.6 Å². The van der Waals surface area contributed by atoms with Crippen molar-refractivity contribution in [2.24, 2.45) is 0 Å². The summed E-state index contributed by atoms with van der Waals surface area (Å²) in [5.41, 5.74) is -0.101. The molecular formula is C15H14ClKN2O6S. The van der Waals surface area contributed by atoms with Gasteiger partial charge in [0.2, 0.25) is 5.88 Å². The standard InChI is InChI=1S/C15H13ClN2O6S.K.H/c1-23-12-3-2-10(16)7-13(12)25(21,22)18-4-5-24-14-11(18)6-9(8-17-14)15(19)20;;/h2-3,6-8H,4-5H2,1H3,(H,19,20);;. The molecule has 3 rings (SSSR count). The van der Waals surface area contributed by atoms with E-state index in [9.17, 15) is 13.2 Å². The van der Waals surface area contributed by atoms with Gasteiger partial charge in [0.1, 0.15) is 22.9 Å². The van der Waals surface area contributed by atoms with Gasteiger partial charge in [-0.05, 0) is 24.3 Å². The van der Waals surface area contributed by atoms with E-state index in [1.165, 1.54) is 31.4 Å². The third-order valence-corrected chi connectivity index (χ3v) is 5.64. The predicted molar refractivity (Wildman–Crippen MR) is 96.4 cm³/mol. The molecule has 0 aliphatic carbocycles. The van der Waals surface area contributed by atoms with Crippen LogP contribution in [0.5, 0.6) is 11.6 Å². The molecule has 2 heterocycles. The molecule has 8 nitrogen and oxygen atoms in total. The van der Waals surface area contributed by atoms with Crippen LogP contribution in [-0.4, -0.2) is 96.1 Å². The molecule has 0 amide bonds. The zero-order valence-corrected chi connectivity index (χ0v) is 14.5. The molecule has 0 atom stereocenters. The number of carboxylic acid groups (broad SMARTS) is 1. The van der Waals surface area contributed by atoms with Crippen LogP contribution in [0.15, 0.2) is 35.4 Å². The van der Waals surface area contributed by atoms with Gasteiger partial charge in [-0.1, -0.05) is 11.6 Å². The van der Waals surface area contributed by atoms with Crippen LogP contribution in [0.3, 0.4) is 0 Å². The van der Waals surface area contributed by atoms with Gasteiger partial charge in [-0.2, -0.15) is 0 Å². The number of rotatable bonds is 4. The van der Waals surface area contributed by atoms with E-state index in [-0.39, 0.29) is 97.3 Å². The summed E-state index contributed by atoms with van der Waals surface area (Å²) in [6, 6.07) is 5.44. The van der Waals surface area contributed by atoms with Crippen LogP contribution >= 0.6 is 11.6 Å². The molecule has 0 saturated heterocycles. The minimum absolute atomic E-state index is 0. The summed E-state index contributed by atoms with van der Waals surface area (Å²) < 4.78 is 37.7. The van der Waals surface area contributed by atoms with Crippen molar-refractivity contribution in [1.82, 2.24) is 4.98 Å². The van der Waals surface area contributed by atoms with Crippen molar-refractivity contribution < 1.29 is 27.8 Å². The number of fused-ring (bicyclic) bond motifs is 1. The van der Waals surface area contributed by atoms with E-state index in [0.29, 0.717) is 0 Å². The van der Waals surface area contributed by atoms with E-state index < -0.39 is 16.0 Å². The number of hydrogen-bond donors (Lipinski definition) is 1. The van der Waals surface area contributed by atoms with E-state index in [2.05, 4.69) is 4.98 Å². The average molecular weight is 425 g/mol. The van der Waals surface area contributed by atoms with Crippen molar-refractivity contribution >= 4 is 84.7 Å². The minimum atomic E-state index is -4.07. The molecule has 1 aromatic carbocycles. The Hall–Kier alpha value is -0.884. The summed E-state index contributed by atoms with van der Waals surface area (Å²) in [4.78, 5) is 14.9. The van der Waals surface area contributed by atoms with Crippen LogP contribution in [0, 0.1) is 0 Å². The molecule has 0 saturated carbocycles. The summed E-state index contributed by atoms with van der Waals surface area (Å²) in [5.74, 6) is -1.06. The molecule has 1 N–H and O–H groups in total. The van der Waals surface area contributed by atoms with E-state index in [1.54, 1.807) is 0 Å².